The van der Waals surface area contributed by atoms with Crippen molar-refractivity contribution in [3.63, 3.8) is 0 Å². The Morgan fingerprint density at radius 3 is 2.58 bits per heavy atom. The summed E-state index contributed by atoms with van der Waals surface area (Å²) in [5.41, 5.74) is -1.29. The molecule has 0 aliphatic heterocycles. The summed E-state index contributed by atoms with van der Waals surface area (Å²) in [5.74, 6) is -2.00. The third-order valence-electron chi connectivity index (χ3n) is 3.16. The van der Waals surface area contributed by atoms with Crippen LogP contribution < -0.4 is 4.72 Å². The van der Waals surface area contributed by atoms with E-state index in [0.29, 0.717) is 6.07 Å². The fraction of sp³-hybridized carbons (Fsp3) is 0.417. The Hall–Kier alpha value is -1.52. The first-order valence-electron chi connectivity index (χ1n) is 5.69. The second-order valence-electron chi connectivity index (χ2n) is 4.77. The van der Waals surface area contributed by atoms with Crippen molar-refractivity contribution in [1.82, 2.24) is 4.72 Å². The normalized spacial score (nSPS) is 18.6. The Morgan fingerprint density at radius 2 is 2.05 bits per heavy atom. The largest absolute Gasteiger partial charge is 0.244 e. The highest BCUT2D eigenvalue weighted by atomic mass is 32.2. The molecule has 1 aromatic carbocycles. The molecular weight excluding hydrogens is 274 g/mol. The van der Waals surface area contributed by atoms with Crippen LogP contribution in [0.3, 0.4) is 0 Å². The second kappa shape index (κ2) is 4.54. The molecule has 0 bridgehead atoms. The van der Waals surface area contributed by atoms with Crippen LogP contribution in [0.15, 0.2) is 23.1 Å². The molecule has 1 aromatic rings. The molecule has 1 fully saturated rings. The molecule has 1 aliphatic carbocycles. The Kier molecular flexibility index (Phi) is 3.32. The van der Waals surface area contributed by atoms with Crippen LogP contribution in [0.1, 0.15) is 19.8 Å². The molecule has 7 heteroatoms. The van der Waals surface area contributed by atoms with Crippen molar-refractivity contribution in [3.05, 3.63) is 29.8 Å². The molecular formula is C12H12F2N2O2S. The highest BCUT2D eigenvalue weighted by molar-refractivity contribution is 7.89. The summed E-state index contributed by atoms with van der Waals surface area (Å²) >= 11 is 0. The third kappa shape index (κ3) is 2.74. The van der Waals surface area contributed by atoms with E-state index in [9.17, 15) is 17.2 Å². The number of benzene rings is 1. The molecule has 0 amide bonds. The van der Waals surface area contributed by atoms with Gasteiger partial charge in [0.05, 0.1) is 6.07 Å². The zero-order valence-electron chi connectivity index (χ0n) is 10.2. The Morgan fingerprint density at radius 1 is 1.42 bits per heavy atom. The summed E-state index contributed by atoms with van der Waals surface area (Å²) in [6, 6.07) is 4.07. The molecule has 1 atom stereocenters. The van der Waals surface area contributed by atoms with E-state index in [4.69, 9.17) is 5.26 Å². The zero-order valence-corrected chi connectivity index (χ0v) is 11.0. The number of rotatable bonds is 4. The predicted molar refractivity (Wildman–Crippen MR) is 63.4 cm³/mol. The topological polar surface area (TPSA) is 70.0 Å². The standard InChI is InChI=1S/C12H12F2N2O2S/c1-12(7-15,8-2-3-8)16-19(17,18)11-6-9(13)4-5-10(11)14/h4-6,8,16H,2-3H2,1H3/t12-/m1/s1. The first-order chi connectivity index (χ1) is 8.78. The van der Waals surface area contributed by atoms with Crippen molar-refractivity contribution in [2.45, 2.75) is 30.2 Å². The number of hydrogen-bond donors (Lipinski definition) is 1. The average molecular weight is 286 g/mol. The lowest BCUT2D eigenvalue weighted by Gasteiger charge is -2.22. The minimum Gasteiger partial charge on any atom is -0.207 e. The number of nitriles is 1. The van der Waals surface area contributed by atoms with E-state index in [2.05, 4.69) is 4.72 Å². The maximum atomic E-state index is 13.5. The van der Waals surface area contributed by atoms with Gasteiger partial charge in [-0.2, -0.15) is 9.98 Å². The monoisotopic (exact) mass is 286 g/mol. The zero-order chi connectivity index (χ0) is 14.3. The van der Waals surface area contributed by atoms with E-state index in [1.54, 1.807) is 0 Å². The molecule has 1 aliphatic rings. The van der Waals surface area contributed by atoms with Gasteiger partial charge in [0.2, 0.25) is 10.0 Å². The van der Waals surface area contributed by atoms with Gasteiger partial charge in [0.25, 0.3) is 0 Å². The number of hydrogen-bond acceptors (Lipinski definition) is 3. The van der Waals surface area contributed by atoms with Gasteiger partial charge in [-0.15, -0.1) is 0 Å². The molecule has 1 N–H and O–H groups in total. The highest BCUT2D eigenvalue weighted by Gasteiger charge is 2.45. The molecule has 102 valence electrons. The molecule has 19 heavy (non-hydrogen) atoms. The van der Waals surface area contributed by atoms with Crippen LogP contribution in [0.2, 0.25) is 0 Å². The predicted octanol–water partition coefficient (Wildman–Crippen LogP) is 1.94. The maximum absolute atomic E-state index is 13.5. The fourth-order valence-corrected chi connectivity index (χ4v) is 3.35. The van der Waals surface area contributed by atoms with E-state index in [1.807, 2.05) is 6.07 Å². The lowest BCUT2D eigenvalue weighted by Crippen LogP contribution is -2.46. The third-order valence-corrected chi connectivity index (χ3v) is 4.74. The van der Waals surface area contributed by atoms with Gasteiger partial charge in [0.1, 0.15) is 22.1 Å². The summed E-state index contributed by atoms with van der Waals surface area (Å²) < 4.78 is 52.8. The van der Waals surface area contributed by atoms with Crippen molar-refractivity contribution in [3.8, 4) is 6.07 Å². The Balaban J connectivity index is 2.38. The minimum absolute atomic E-state index is 0.0936. The molecule has 0 unspecified atom stereocenters. The smallest absolute Gasteiger partial charge is 0.207 e. The van der Waals surface area contributed by atoms with Gasteiger partial charge in [-0.1, -0.05) is 0 Å². The van der Waals surface area contributed by atoms with Crippen LogP contribution in [0.5, 0.6) is 0 Å². The molecule has 4 nitrogen and oxygen atoms in total. The molecule has 1 saturated carbocycles. The lowest BCUT2D eigenvalue weighted by molar-refractivity contribution is 0.455. The Labute approximate surface area is 110 Å². The number of halogens is 2. The van der Waals surface area contributed by atoms with E-state index >= 15 is 0 Å². The van der Waals surface area contributed by atoms with Crippen LogP contribution in [-0.4, -0.2) is 14.0 Å². The number of nitrogens with one attached hydrogen (secondary N) is 1. The van der Waals surface area contributed by atoms with Crippen LogP contribution in [0.25, 0.3) is 0 Å². The van der Waals surface area contributed by atoms with Gasteiger partial charge in [0.15, 0.2) is 0 Å². The molecule has 0 heterocycles. The van der Waals surface area contributed by atoms with Crippen LogP contribution >= 0.6 is 0 Å². The van der Waals surface area contributed by atoms with Crippen LogP contribution in [0.4, 0.5) is 8.78 Å². The lowest BCUT2D eigenvalue weighted by atomic mass is 10.0. The van der Waals surface area contributed by atoms with Crippen molar-refractivity contribution >= 4 is 10.0 Å². The summed E-state index contributed by atoms with van der Waals surface area (Å²) in [4.78, 5) is -0.783. The Bertz CT molecular complexity index is 650. The number of nitrogens with zero attached hydrogens (tertiary/aromatic N) is 1. The van der Waals surface area contributed by atoms with Gasteiger partial charge in [-0.3, -0.25) is 0 Å². The molecule has 0 aromatic heterocycles. The second-order valence-corrected chi connectivity index (χ2v) is 6.42. The van der Waals surface area contributed by atoms with Gasteiger partial charge in [-0.05, 0) is 43.9 Å². The first kappa shape index (κ1) is 13.9. The van der Waals surface area contributed by atoms with Crippen molar-refractivity contribution in [2.75, 3.05) is 0 Å². The first-order valence-corrected chi connectivity index (χ1v) is 7.17. The van der Waals surface area contributed by atoms with E-state index in [0.717, 1.165) is 25.0 Å². The molecule has 2 rings (SSSR count). The molecule has 0 spiro atoms. The SMILES string of the molecule is C[C@](C#N)(NS(=O)(=O)c1cc(F)ccc1F)C1CC1. The molecule has 0 radical (unpaired) electrons. The fourth-order valence-electron chi connectivity index (χ4n) is 1.88. The van der Waals surface area contributed by atoms with Crippen molar-refractivity contribution in [2.24, 2.45) is 5.92 Å². The van der Waals surface area contributed by atoms with Gasteiger partial charge >= 0.3 is 0 Å². The summed E-state index contributed by atoms with van der Waals surface area (Å²) in [6.45, 7) is 1.44. The van der Waals surface area contributed by atoms with Gasteiger partial charge in [-0.25, -0.2) is 17.2 Å². The van der Waals surface area contributed by atoms with Gasteiger partial charge in [0, 0.05) is 0 Å². The van der Waals surface area contributed by atoms with E-state index in [1.165, 1.54) is 6.92 Å². The average Bonchev–Trinajstić information content (AvgIpc) is 3.15. The van der Waals surface area contributed by atoms with E-state index < -0.39 is 32.1 Å². The number of sulfonamides is 1. The quantitative estimate of drug-likeness (QED) is 0.919. The van der Waals surface area contributed by atoms with Crippen molar-refractivity contribution in [1.29, 1.82) is 5.26 Å². The van der Waals surface area contributed by atoms with Crippen LogP contribution in [-0.2, 0) is 10.0 Å². The summed E-state index contributed by atoms with van der Waals surface area (Å²) in [5, 5.41) is 9.09. The van der Waals surface area contributed by atoms with Gasteiger partial charge < -0.3 is 0 Å². The van der Waals surface area contributed by atoms with Crippen molar-refractivity contribution < 1.29 is 17.2 Å². The molecule has 0 saturated heterocycles. The summed E-state index contributed by atoms with van der Waals surface area (Å²) in [6.07, 6.45) is 1.47. The minimum atomic E-state index is -4.28. The van der Waals surface area contributed by atoms with E-state index in [-0.39, 0.29) is 5.92 Å². The highest BCUT2D eigenvalue weighted by Crippen LogP contribution is 2.40. The van der Waals surface area contributed by atoms with Crippen LogP contribution in [0, 0.1) is 28.9 Å². The summed E-state index contributed by atoms with van der Waals surface area (Å²) in [7, 11) is -4.28. The maximum Gasteiger partial charge on any atom is 0.244 e.